The average Bonchev–Trinajstić information content (AvgIpc) is 2.87. The predicted molar refractivity (Wildman–Crippen MR) is 151 cm³/mol. The predicted octanol–water partition coefficient (Wildman–Crippen LogP) is 8.40. The summed E-state index contributed by atoms with van der Waals surface area (Å²) in [6, 6.07) is 20.5. The molecule has 0 aromatic heterocycles. The zero-order valence-electron chi connectivity index (χ0n) is 20.4. The van der Waals surface area contributed by atoms with E-state index in [-0.39, 0.29) is 5.97 Å². The van der Waals surface area contributed by atoms with Crippen molar-refractivity contribution in [3.8, 4) is 0 Å². The maximum absolute atomic E-state index is 12.1. The quantitative estimate of drug-likeness (QED) is 0.125. The van der Waals surface area contributed by atoms with Crippen LogP contribution in [0.25, 0.3) is 0 Å². The highest BCUT2D eigenvalue weighted by Gasteiger charge is 2.11. The van der Waals surface area contributed by atoms with Crippen LogP contribution in [0.1, 0.15) is 50.2 Å². The van der Waals surface area contributed by atoms with E-state index < -0.39 is 0 Å². The Kier molecular flexibility index (Phi) is 15.0. The first-order valence-corrected chi connectivity index (χ1v) is 14.3. The summed E-state index contributed by atoms with van der Waals surface area (Å²) in [6.45, 7) is 6.26. The number of carbonyl (C=O) groups is 1. The van der Waals surface area contributed by atoms with Gasteiger partial charge in [0.05, 0.1) is 0 Å². The normalized spacial score (nSPS) is 12.6. The van der Waals surface area contributed by atoms with Gasteiger partial charge in [-0.2, -0.15) is 23.5 Å². The summed E-state index contributed by atoms with van der Waals surface area (Å²) >= 11 is 4.03. The molecular formula is C30H38O2S2. The molecule has 0 radical (unpaired) electrons. The first-order chi connectivity index (χ1) is 16.7. The average molecular weight is 495 g/mol. The maximum Gasteiger partial charge on any atom is 0.306 e. The van der Waals surface area contributed by atoms with Crippen LogP contribution in [-0.2, 0) is 21.9 Å². The van der Waals surface area contributed by atoms with Crippen molar-refractivity contribution in [1.82, 2.24) is 0 Å². The van der Waals surface area contributed by atoms with E-state index in [9.17, 15) is 4.79 Å². The molecule has 0 saturated carbocycles. The number of rotatable bonds is 17. The Hall–Kier alpha value is -2.17. The van der Waals surface area contributed by atoms with Crippen molar-refractivity contribution in [2.75, 3.05) is 11.5 Å². The molecule has 4 heteroatoms. The number of hydrogen-bond donors (Lipinski definition) is 0. The van der Waals surface area contributed by atoms with E-state index in [2.05, 4.69) is 62.1 Å². The summed E-state index contributed by atoms with van der Waals surface area (Å²) in [5.41, 5.74) is 3.72. The molecule has 1 unspecified atom stereocenters. The first-order valence-electron chi connectivity index (χ1n) is 12.1. The van der Waals surface area contributed by atoms with E-state index in [4.69, 9.17) is 4.74 Å². The van der Waals surface area contributed by atoms with E-state index in [0.29, 0.717) is 18.3 Å². The Morgan fingerprint density at radius 1 is 1.00 bits per heavy atom. The zero-order valence-corrected chi connectivity index (χ0v) is 22.0. The Balaban J connectivity index is 1.73. The van der Waals surface area contributed by atoms with Crippen molar-refractivity contribution in [2.45, 2.75) is 56.6 Å². The van der Waals surface area contributed by atoms with Gasteiger partial charge in [-0.25, -0.2) is 0 Å². The Morgan fingerprint density at radius 3 is 2.38 bits per heavy atom. The number of thioether (sulfide) groups is 2. The SMILES string of the molecule is C=C/C=C(\C=C/C)CSC(CCCCC(=O)OCc1ccccc1)CCSCc1ccccc1. The third kappa shape index (κ3) is 12.9. The molecule has 0 bridgehead atoms. The monoisotopic (exact) mass is 494 g/mol. The van der Waals surface area contributed by atoms with Gasteiger partial charge in [-0.3, -0.25) is 4.79 Å². The molecule has 0 spiro atoms. The molecule has 0 N–H and O–H groups in total. The standard InChI is InChI=1S/C30H38O2S2/c1-3-13-27(14-4-2)25-34-29(21-22-33-24-28-17-9-6-10-18-28)19-11-12-20-30(31)32-23-26-15-7-5-8-16-26/h3-10,13-18,29H,1,11-12,19-25H2,2H3/b14-4-,27-13+. The van der Waals surface area contributed by atoms with Crippen molar-refractivity contribution < 1.29 is 9.53 Å². The lowest BCUT2D eigenvalue weighted by Crippen LogP contribution is -2.08. The number of carbonyl (C=O) groups excluding carboxylic acids is 1. The molecule has 0 amide bonds. The topological polar surface area (TPSA) is 26.3 Å². The lowest BCUT2D eigenvalue weighted by atomic mass is 10.1. The van der Waals surface area contributed by atoms with Gasteiger partial charge in [-0.15, -0.1) is 0 Å². The fourth-order valence-electron chi connectivity index (χ4n) is 3.47. The van der Waals surface area contributed by atoms with Crippen LogP contribution in [-0.4, -0.2) is 22.7 Å². The summed E-state index contributed by atoms with van der Waals surface area (Å²) in [5, 5.41) is 0.585. The lowest BCUT2D eigenvalue weighted by Gasteiger charge is -2.17. The third-order valence-electron chi connectivity index (χ3n) is 5.29. The Labute approximate surface area is 215 Å². The van der Waals surface area contributed by atoms with Gasteiger partial charge in [0.1, 0.15) is 6.61 Å². The van der Waals surface area contributed by atoms with Crippen LogP contribution < -0.4 is 0 Å². The maximum atomic E-state index is 12.1. The first kappa shape index (κ1) is 28.1. The summed E-state index contributed by atoms with van der Waals surface area (Å²) in [5.74, 6) is 3.10. The highest BCUT2D eigenvalue weighted by molar-refractivity contribution is 8.00. The van der Waals surface area contributed by atoms with Crippen LogP contribution in [0.2, 0.25) is 0 Å². The number of esters is 1. The summed E-state index contributed by atoms with van der Waals surface area (Å²) in [7, 11) is 0. The van der Waals surface area contributed by atoms with Crippen molar-refractivity contribution >= 4 is 29.5 Å². The van der Waals surface area contributed by atoms with Gasteiger partial charge in [0.2, 0.25) is 0 Å². The van der Waals surface area contributed by atoms with Gasteiger partial charge in [0, 0.05) is 23.2 Å². The molecule has 34 heavy (non-hydrogen) atoms. The molecule has 0 aliphatic rings. The highest BCUT2D eigenvalue weighted by Crippen LogP contribution is 2.26. The number of ether oxygens (including phenoxy) is 1. The number of hydrogen-bond acceptors (Lipinski definition) is 4. The Morgan fingerprint density at radius 2 is 1.71 bits per heavy atom. The molecule has 0 aliphatic heterocycles. The van der Waals surface area contributed by atoms with Crippen molar-refractivity contribution in [3.63, 3.8) is 0 Å². The molecule has 1 atom stereocenters. The molecule has 182 valence electrons. The van der Waals surface area contributed by atoms with Crippen molar-refractivity contribution in [3.05, 3.63) is 108 Å². The summed E-state index contributed by atoms with van der Waals surface area (Å²) in [4.78, 5) is 12.1. The molecule has 2 aromatic carbocycles. The third-order valence-corrected chi connectivity index (χ3v) is 7.80. The highest BCUT2D eigenvalue weighted by atomic mass is 32.2. The molecular weight excluding hydrogens is 456 g/mol. The largest absolute Gasteiger partial charge is 0.461 e. The van der Waals surface area contributed by atoms with Gasteiger partial charge in [-0.1, -0.05) is 98.0 Å². The second-order valence-corrected chi connectivity index (χ2v) is 10.5. The minimum Gasteiger partial charge on any atom is -0.461 e. The second kappa shape index (κ2) is 18.2. The number of unbranched alkanes of at least 4 members (excludes halogenated alkanes) is 1. The van der Waals surface area contributed by atoms with Crippen LogP contribution in [0.3, 0.4) is 0 Å². The molecule has 0 saturated heterocycles. The minimum atomic E-state index is -0.101. The van der Waals surface area contributed by atoms with E-state index in [1.165, 1.54) is 17.6 Å². The number of benzene rings is 2. The van der Waals surface area contributed by atoms with Crippen LogP contribution >= 0.6 is 23.5 Å². The second-order valence-electron chi connectivity index (χ2n) is 8.13. The fourth-order valence-corrected chi connectivity index (χ4v) is 5.88. The summed E-state index contributed by atoms with van der Waals surface area (Å²) < 4.78 is 5.42. The van der Waals surface area contributed by atoms with Crippen LogP contribution in [0.4, 0.5) is 0 Å². The zero-order chi connectivity index (χ0) is 24.3. The lowest BCUT2D eigenvalue weighted by molar-refractivity contribution is -0.145. The van der Waals surface area contributed by atoms with Crippen LogP contribution in [0.15, 0.2) is 97.1 Å². The molecule has 0 heterocycles. The fraction of sp³-hybridized carbons (Fsp3) is 0.367. The van der Waals surface area contributed by atoms with E-state index in [1.54, 1.807) is 0 Å². The van der Waals surface area contributed by atoms with E-state index in [1.807, 2.05) is 59.9 Å². The van der Waals surface area contributed by atoms with Crippen molar-refractivity contribution in [1.29, 1.82) is 0 Å². The van der Waals surface area contributed by atoms with Gasteiger partial charge >= 0.3 is 5.97 Å². The van der Waals surface area contributed by atoms with E-state index in [0.717, 1.165) is 42.1 Å². The van der Waals surface area contributed by atoms with Crippen LogP contribution in [0, 0.1) is 0 Å². The molecule has 0 aliphatic carbocycles. The van der Waals surface area contributed by atoms with E-state index >= 15 is 0 Å². The van der Waals surface area contributed by atoms with Gasteiger partial charge < -0.3 is 4.74 Å². The Bertz CT molecular complexity index is 875. The van der Waals surface area contributed by atoms with Gasteiger partial charge in [0.15, 0.2) is 0 Å². The number of allylic oxidation sites excluding steroid dienone is 4. The molecule has 0 fully saturated rings. The molecule has 2 rings (SSSR count). The summed E-state index contributed by atoms with van der Waals surface area (Å²) in [6.07, 6.45) is 12.9. The van der Waals surface area contributed by atoms with Crippen LogP contribution in [0.5, 0.6) is 0 Å². The molecule has 2 aromatic rings. The minimum absolute atomic E-state index is 0.101. The van der Waals surface area contributed by atoms with Gasteiger partial charge in [0.25, 0.3) is 0 Å². The van der Waals surface area contributed by atoms with Gasteiger partial charge in [-0.05, 0) is 48.6 Å². The molecule has 2 nitrogen and oxygen atoms in total. The van der Waals surface area contributed by atoms with Crippen molar-refractivity contribution in [2.24, 2.45) is 0 Å². The smallest absolute Gasteiger partial charge is 0.306 e.